The number of aliphatic hydroxyl groups is 1. The van der Waals surface area contributed by atoms with Crippen LogP contribution in [0.2, 0.25) is 0 Å². The van der Waals surface area contributed by atoms with Crippen molar-refractivity contribution in [2.45, 2.75) is 45.8 Å². The van der Waals surface area contributed by atoms with Crippen molar-refractivity contribution in [1.82, 2.24) is 10.2 Å². The fourth-order valence-electron chi connectivity index (χ4n) is 1.73. The minimum atomic E-state index is -0.268. The third kappa shape index (κ3) is 5.50. The van der Waals surface area contributed by atoms with Crippen molar-refractivity contribution in [3.05, 3.63) is 0 Å². The van der Waals surface area contributed by atoms with Gasteiger partial charge in [0.05, 0.1) is 12.6 Å². The molecule has 100 valence electrons. The van der Waals surface area contributed by atoms with Crippen LogP contribution in [0.4, 0.5) is 0 Å². The average Bonchev–Trinajstić information content (AvgIpc) is 2.99. The normalized spacial score (nSPS) is 19.5. The summed E-state index contributed by atoms with van der Waals surface area (Å²) in [5.41, 5.74) is 0. The number of nitrogens with one attached hydrogen (secondary N) is 1. The smallest absolute Gasteiger partial charge is 0.234 e. The van der Waals surface area contributed by atoms with E-state index in [0.717, 1.165) is 12.8 Å². The summed E-state index contributed by atoms with van der Waals surface area (Å²) in [6, 6.07) is 0.198. The Morgan fingerprint density at radius 3 is 2.47 bits per heavy atom. The Hall–Kier alpha value is -0.610. The molecule has 0 aliphatic heterocycles. The summed E-state index contributed by atoms with van der Waals surface area (Å²) in [4.78, 5) is 13.6. The van der Waals surface area contributed by atoms with Gasteiger partial charge in [-0.05, 0) is 38.6 Å². The number of hydrogen-bond donors (Lipinski definition) is 2. The Morgan fingerprint density at radius 2 is 2.00 bits per heavy atom. The molecule has 1 aliphatic rings. The highest BCUT2D eigenvalue weighted by Gasteiger charge is 2.30. The molecule has 0 spiro atoms. The second-order valence-electron chi connectivity index (χ2n) is 5.70. The van der Waals surface area contributed by atoms with Crippen LogP contribution < -0.4 is 5.32 Å². The van der Waals surface area contributed by atoms with E-state index >= 15 is 0 Å². The first-order chi connectivity index (χ1) is 7.90. The van der Waals surface area contributed by atoms with E-state index in [9.17, 15) is 9.90 Å². The lowest BCUT2D eigenvalue weighted by Crippen LogP contribution is -2.43. The van der Waals surface area contributed by atoms with Crippen LogP contribution in [0.3, 0.4) is 0 Å². The second-order valence-corrected chi connectivity index (χ2v) is 5.70. The molecule has 0 bridgehead atoms. The summed E-state index contributed by atoms with van der Waals surface area (Å²) in [6.45, 7) is 7.15. The van der Waals surface area contributed by atoms with Gasteiger partial charge in [-0.2, -0.15) is 0 Å². The van der Waals surface area contributed by atoms with E-state index in [1.807, 2.05) is 18.9 Å². The van der Waals surface area contributed by atoms with E-state index in [-0.39, 0.29) is 18.1 Å². The highest BCUT2D eigenvalue weighted by atomic mass is 16.3. The van der Waals surface area contributed by atoms with E-state index < -0.39 is 0 Å². The summed E-state index contributed by atoms with van der Waals surface area (Å²) >= 11 is 0. The first kappa shape index (κ1) is 14.5. The summed E-state index contributed by atoms with van der Waals surface area (Å²) in [6.07, 6.45) is 1.99. The van der Waals surface area contributed by atoms with Crippen molar-refractivity contribution in [1.29, 1.82) is 0 Å². The fraction of sp³-hybridized carbons (Fsp3) is 0.923. The first-order valence-corrected chi connectivity index (χ1v) is 6.56. The van der Waals surface area contributed by atoms with Crippen LogP contribution in [0.1, 0.15) is 33.6 Å². The lowest BCUT2D eigenvalue weighted by molar-refractivity contribution is -0.123. The van der Waals surface area contributed by atoms with Crippen LogP contribution in [-0.2, 0) is 4.79 Å². The Kier molecular flexibility index (Phi) is 5.40. The number of nitrogens with zero attached hydrogens (tertiary/aromatic N) is 1. The predicted octanol–water partition coefficient (Wildman–Crippen LogP) is 0.850. The maximum absolute atomic E-state index is 11.7. The number of likely N-dealkylation sites (N-methyl/N-ethyl adjacent to an activating group) is 1. The van der Waals surface area contributed by atoms with Gasteiger partial charge in [-0.3, -0.25) is 9.69 Å². The topological polar surface area (TPSA) is 52.6 Å². The maximum atomic E-state index is 11.7. The molecule has 0 aromatic heterocycles. The number of amides is 1. The average molecular weight is 242 g/mol. The molecule has 2 unspecified atom stereocenters. The molecule has 0 aromatic carbocycles. The number of carbonyl (C=O) groups excluding carboxylic acids is 1. The summed E-state index contributed by atoms with van der Waals surface area (Å²) in [5, 5.41) is 12.7. The predicted molar refractivity (Wildman–Crippen MR) is 68.7 cm³/mol. The fourth-order valence-corrected chi connectivity index (χ4v) is 1.73. The van der Waals surface area contributed by atoms with Crippen molar-refractivity contribution >= 4 is 5.91 Å². The minimum Gasteiger partial charge on any atom is -0.392 e. The number of hydrogen-bond acceptors (Lipinski definition) is 3. The quantitative estimate of drug-likeness (QED) is 0.696. The van der Waals surface area contributed by atoms with Gasteiger partial charge in [0.1, 0.15) is 0 Å². The van der Waals surface area contributed by atoms with E-state index in [0.29, 0.717) is 24.9 Å². The number of carbonyl (C=O) groups is 1. The van der Waals surface area contributed by atoms with Gasteiger partial charge < -0.3 is 10.4 Å². The number of aliphatic hydroxyl groups excluding tert-OH is 1. The van der Waals surface area contributed by atoms with Gasteiger partial charge in [-0.25, -0.2) is 0 Å². The Bertz CT molecular complexity index is 252. The highest BCUT2D eigenvalue weighted by molar-refractivity contribution is 5.78. The van der Waals surface area contributed by atoms with Gasteiger partial charge in [0, 0.05) is 12.6 Å². The first-order valence-electron chi connectivity index (χ1n) is 6.56. The molecule has 17 heavy (non-hydrogen) atoms. The number of rotatable bonds is 7. The Labute approximate surface area is 104 Å². The van der Waals surface area contributed by atoms with Crippen LogP contribution in [0, 0.1) is 11.8 Å². The van der Waals surface area contributed by atoms with E-state index in [1.54, 1.807) is 0 Å². The Balaban J connectivity index is 2.20. The Morgan fingerprint density at radius 1 is 1.41 bits per heavy atom. The van der Waals surface area contributed by atoms with Crippen LogP contribution in [0.15, 0.2) is 0 Å². The zero-order valence-electron chi connectivity index (χ0n) is 11.4. The molecule has 1 fully saturated rings. The third-order valence-corrected chi connectivity index (χ3v) is 3.47. The van der Waals surface area contributed by atoms with Gasteiger partial charge in [0.2, 0.25) is 5.91 Å². The molecule has 4 heteroatoms. The molecular weight excluding hydrogens is 216 g/mol. The monoisotopic (exact) mass is 242 g/mol. The molecule has 1 amide bonds. The molecule has 4 nitrogen and oxygen atoms in total. The molecule has 2 N–H and O–H groups in total. The van der Waals surface area contributed by atoms with E-state index in [4.69, 9.17) is 0 Å². The van der Waals surface area contributed by atoms with Crippen molar-refractivity contribution in [2.75, 3.05) is 20.1 Å². The van der Waals surface area contributed by atoms with Crippen LogP contribution in [-0.4, -0.2) is 48.2 Å². The maximum Gasteiger partial charge on any atom is 0.234 e. The van der Waals surface area contributed by atoms with Gasteiger partial charge >= 0.3 is 0 Å². The van der Waals surface area contributed by atoms with E-state index in [2.05, 4.69) is 19.2 Å². The van der Waals surface area contributed by atoms with Crippen molar-refractivity contribution in [2.24, 2.45) is 11.8 Å². The molecule has 1 rings (SSSR count). The van der Waals surface area contributed by atoms with Crippen molar-refractivity contribution < 1.29 is 9.90 Å². The van der Waals surface area contributed by atoms with Crippen molar-refractivity contribution in [3.8, 4) is 0 Å². The zero-order valence-corrected chi connectivity index (χ0v) is 11.4. The van der Waals surface area contributed by atoms with Crippen LogP contribution >= 0.6 is 0 Å². The molecule has 0 heterocycles. The largest absolute Gasteiger partial charge is 0.392 e. The lowest BCUT2D eigenvalue weighted by Gasteiger charge is -2.22. The van der Waals surface area contributed by atoms with Crippen molar-refractivity contribution in [3.63, 3.8) is 0 Å². The third-order valence-electron chi connectivity index (χ3n) is 3.47. The molecule has 2 atom stereocenters. The molecule has 1 saturated carbocycles. The molecule has 0 radical (unpaired) electrons. The van der Waals surface area contributed by atoms with Gasteiger partial charge in [0.25, 0.3) is 0 Å². The van der Waals surface area contributed by atoms with E-state index in [1.165, 1.54) is 0 Å². The molecule has 0 saturated heterocycles. The second kappa shape index (κ2) is 6.36. The van der Waals surface area contributed by atoms with Gasteiger partial charge in [-0.15, -0.1) is 0 Å². The molecule has 0 aromatic rings. The summed E-state index contributed by atoms with van der Waals surface area (Å²) in [5.74, 6) is 0.952. The zero-order chi connectivity index (χ0) is 13.0. The SMILES string of the molecule is CC(C)C(C)NC(=O)CN(C)CC(O)C1CC1. The lowest BCUT2D eigenvalue weighted by atomic mass is 10.1. The highest BCUT2D eigenvalue weighted by Crippen LogP contribution is 2.32. The standard InChI is InChI=1S/C13H26N2O2/c1-9(2)10(3)14-13(17)8-15(4)7-12(16)11-5-6-11/h9-12,16H,5-8H2,1-4H3,(H,14,17). The van der Waals surface area contributed by atoms with Crippen LogP contribution in [0.25, 0.3) is 0 Å². The molecule has 1 aliphatic carbocycles. The minimum absolute atomic E-state index is 0.0386. The summed E-state index contributed by atoms with van der Waals surface area (Å²) < 4.78 is 0. The molecular formula is C13H26N2O2. The summed E-state index contributed by atoms with van der Waals surface area (Å²) in [7, 11) is 1.88. The van der Waals surface area contributed by atoms with Gasteiger partial charge in [0.15, 0.2) is 0 Å². The van der Waals surface area contributed by atoms with Crippen LogP contribution in [0.5, 0.6) is 0 Å². The van der Waals surface area contributed by atoms with Gasteiger partial charge in [-0.1, -0.05) is 13.8 Å².